The number of nitrogens with zero attached hydrogens (tertiary/aromatic N) is 4. The minimum atomic E-state index is -0.841. The minimum Gasteiger partial charge on any atom is -0.501 e. The van der Waals surface area contributed by atoms with Crippen LogP contribution < -0.4 is 4.57 Å². The van der Waals surface area contributed by atoms with Crippen molar-refractivity contribution in [3.63, 3.8) is 0 Å². The van der Waals surface area contributed by atoms with Crippen LogP contribution in [0.2, 0.25) is 0 Å². The molecular formula is C66H49F4IrN4O-3. The molecule has 0 spiro atoms. The normalized spacial score (nSPS) is 11.5. The molecule has 4 aromatic heterocycles. The standard InChI is InChI=1S/C35H27F4N.C31H22N3O.Ir/c1-20(2)29-14-23(22-8-6-5-7-9-22)15-30(21(3)4)35(29)24-16-33(27-12-10-25(36)18-31(27)38)40-34(17-24)28-13-11-26(37)19-32(28)39;1-19-12-29(32-17-20(19)2)28-15-23(34-11-10-33(3)18-34)14-27-26-13-22-9-8-21-6-4-5-7-24(21)25(22)16-30(26)35-31(27)28;/h5-11,14-21H,1-4H3;4-14,16-17H,1-3H3;/q-2;-1;. The quantitative estimate of drug-likeness (QED) is 0.0659. The van der Waals surface area contributed by atoms with Crippen molar-refractivity contribution in [2.24, 2.45) is 7.05 Å². The second-order valence-corrected chi connectivity index (χ2v) is 19.7. The van der Waals surface area contributed by atoms with Gasteiger partial charge in [-0.05, 0) is 121 Å². The van der Waals surface area contributed by atoms with Crippen LogP contribution in [-0.4, -0.2) is 14.5 Å². The molecule has 0 aliphatic rings. The summed E-state index contributed by atoms with van der Waals surface area (Å²) in [5.74, 6) is -3.00. The summed E-state index contributed by atoms with van der Waals surface area (Å²) in [6.07, 6.45) is 9.17. The van der Waals surface area contributed by atoms with Crippen molar-refractivity contribution in [2.75, 3.05) is 0 Å². The zero-order chi connectivity index (χ0) is 52.2. The maximum Gasteiger partial charge on any atom is 0.241 e. The Morgan fingerprint density at radius 1 is 0.579 bits per heavy atom. The van der Waals surface area contributed by atoms with Crippen molar-refractivity contribution in [3.05, 3.63) is 228 Å². The third kappa shape index (κ3) is 9.87. The van der Waals surface area contributed by atoms with E-state index in [2.05, 4.69) is 156 Å². The fourth-order valence-electron chi connectivity index (χ4n) is 9.85. The van der Waals surface area contributed by atoms with E-state index in [9.17, 15) is 17.6 Å². The summed E-state index contributed by atoms with van der Waals surface area (Å²) in [7, 11) is 1.96. The second kappa shape index (κ2) is 20.9. The molecule has 8 aromatic carbocycles. The Bertz CT molecular complexity index is 4080. The van der Waals surface area contributed by atoms with E-state index in [1.807, 2.05) is 53.0 Å². The van der Waals surface area contributed by atoms with Crippen LogP contribution in [0.25, 0.3) is 105 Å². The van der Waals surface area contributed by atoms with Crippen molar-refractivity contribution in [1.82, 2.24) is 14.5 Å². The topological polar surface area (TPSA) is 47.7 Å². The van der Waals surface area contributed by atoms with E-state index in [0.717, 1.165) is 96.5 Å². The summed E-state index contributed by atoms with van der Waals surface area (Å²) in [5, 5.41) is 6.96. The number of aryl methyl sites for hydroxylation is 3. The Morgan fingerprint density at radius 2 is 1.21 bits per heavy atom. The second-order valence-electron chi connectivity index (χ2n) is 19.7. The van der Waals surface area contributed by atoms with Crippen LogP contribution in [0.15, 0.2) is 163 Å². The Hall–Kier alpha value is -8.04. The number of pyridine rings is 2. The molecule has 1 radical (unpaired) electrons. The van der Waals surface area contributed by atoms with Gasteiger partial charge in [0.25, 0.3) is 0 Å². The van der Waals surface area contributed by atoms with Crippen molar-refractivity contribution in [3.8, 4) is 61.7 Å². The van der Waals surface area contributed by atoms with Crippen LogP contribution in [0.3, 0.4) is 0 Å². The maximum absolute atomic E-state index is 14.9. The minimum absolute atomic E-state index is 0. The number of furan rings is 1. The van der Waals surface area contributed by atoms with E-state index in [0.29, 0.717) is 5.56 Å². The van der Waals surface area contributed by atoms with E-state index < -0.39 is 23.3 Å². The molecule has 0 saturated heterocycles. The average Bonchev–Trinajstić information content (AvgIpc) is 4.02. The van der Waals surface area contributed by atoms with Crippen molar-refractivity contribution >= 4 is 43.5 Å². The van der Waals surface area contributed by atoms with Gasteiger partial charge in [0, 0.05) is 67.4 Å². The summed E-state index contributed by atoms with van der Waals surface area (Å²) < 4.78 is 67.8. The molecule has 5 nitrogen and oxygen atoms in total. The third-order valence-electron chi connectivity index (χ3n) is 13.8. The van der Waals surface area contributed by atoms with Gasteiger partial charge in [-0.1, -0.05) is 165 Å². The molecule has 4 heterocycles. The van der Waals surface area contributed by atoms with E-state index in [1.54, 1.807) is 12.1 Å². The predicted molar refractivity (Wildman–Crippen MR) is 291 cm³/mol. The van der Waals surface area contributed by atoms with Crippen LogP contribution in [0.5, 0.6) is 0 Å². The Morgan fingerprint density at radius 3 is 1.82 bits per heavy atom. The fraction of sp³-hybridized carbons (Fsp3) is 0.136. The Labute approximate surface area is 452 Å². The summed E-state index contributed by atoms with van der Waals surface area (Å²) in [5.41, 5.74) is 12.7. The smallest absolute Gasteiger partial charge is 0.241 e. The fourth-order valence-corrected chi connectivity index (χ4v) is 9.85. The molecule has 10 heteroatoms. The summed E-state index contributed by atoms with van der Waals surface area (Å²) in [6, 6.07) is 51.8. The number of imidazole rings is 1. The van der Waals surface area contributed by atoms with Crippen LogP contribution in [0.4, 0.5) is 17.6 Å². The van der Waals surface area contributed by atoms with Crippen molar-refractivity contribution in [1.29, 1.82) is 0 Å². The van der Waals surface area contributed by atoms with Gasteiger partial charge in [-0.25, -0.2) is 0 Å². The summed E-state index contributed by atoms with van der Waals surface area (Å²) in [4.78, 5) is 9.26. The average molecular weight is 1180 g/mol. The molecule has 0 aliphatic carbocycles. The number of aromatic nitrogens is 4. The van der Waals surface area contributed by atoms with E-state index >= 15 is 0 Å². The van der Waals surface area contributed by atoms with Gasteiger partial charge >= 0.3 is 0 Å². The zero-order valence-electron chi connectivity index (χ0n) is 42.7. The van der Waals surface area contributed by atoms with E-state index in [-0.39, 0.29) is 54.5 Å². The first-order valence-corrected chi connectivity index (χ1v) is 24.8. The van der Waals surface area contributed by atoms with Gasteiger partial charge in [0.1, 0.15) is 5.58 Å². The monoisotopic (exact) mass is 1180 g/mol. The number of halogens is 4. The predicted octanol–water partition coefficient (Wildman–Crippen LogP) is 16.9. The number of hydrogen-bond donors (Lipinski definition) is 0. The van der Waals surface area contributed by atoms with Gasteiger partial charge < -0.3 is 23.5 Å². The molecule has 0 fully saturated rings. The molecule has 12 rings (SSSR count). The van der Waals surface area contributed by atoms with Gasteiger partial charge in [0.15, 0.2) is 0 Å². The molecule has 0 saturated carbocycles. The van der Waals surface area contributed by atoms with E-state index in [1.165, 1.54) is 27.1 Å². The molecule has 379 valence electrons. The first-order valence-electron chi connectivity index (χ1n) is 24.8. The van der Waals surface area contributed by atoms with Gasteiger partial charge in [-0.3, -0.25) is 17.6 Å². The molecular weight excluding hydrogens is 1130 g/mol. The molecule has 76 heavy (non-hydrogen) atoms. The van der Waals surface area contributed by atoms with Gasteiger partial charge in [0.05, 0.1) is 12.6 Å². The van der Waals surface area contributed by atoms with Gasteiger partial charge in [-0.15, -0.1) is 36.4 Å². The number of hydrogen-bond acceptors (Lipinski definition) is 3. The van der Waals surface area contributed by atoms with Crippen LogP contribution in [0.1, 0.15) is 61.8 Å². The molecule has 0 atom stereocenters. The number of fused-ring (bicyclic) bond motifs is 6. The van der Waals surface area contributed by atoms with Crippen LogP contribution in [0, 0.1) is 61.6 Å². The Kier molecular flexibility index (Phi) is 14.2. The van der Waals surface area contributed by atoms with Crippen LogP contribution >= 0.6 is 0 Å². The maximum atomic E-state index is 14.9. The third-order valence-corrected chi connectivity index (χ3v) is 13.8. The number of rotatable bonds is 8. The van der Waals surface area contributed by atoms with Crippen molar-refractivity contribution < 1.29 is 46.7 Å². The molecule has 0 bridgehead atoms. The SMILES string of the molecule is CC(C)c1cc(-c2ccccc2)cc(C(C)C)c1-c1cc(-c2[c-]cc(F)cc2F)nc(-c2[c-]cc(F)cc2F)c1.Cc1cnc(-c2[c-]c(-n3[c-][n+](C)cc3)cc3c2oc2cc4c(ccc5ccccc54)cc23)cc1C.[Ir]. The molecule has 0 unspecified atom stereocenters. The summed E-state index contributed by atoms with van der Waals surface area (Å²) >= 11 is 0. The zero-order valence-corrected chi connectivity index (χ0v) is 45.1. The summed E-state index contributed by atoms with van der Waals surface area (Å²) in [6.45, 7) is 12.6. The largest absolute Gasteiger partial charge is 0.501 e. The first-order chi connectivity index (χ1) is 36.2. The van der Waals surface area contributed by atoms with E-state index in [4.69, 9.17) is 9.40 Å². The van der Waals surface area contributed by atoms with Crippen LogP contribution in [-0.2, 0) is 27.2 Å². The molecule has 0 amide bonds. The Balaban J connectivity index is 0.000000172. The molecule has 0 aliphatic heterocycles. The first kappa shape index (κ1) is 51.4. The van der Waals surface area contributed by atoms with Gasteiger partial charge in [-0.2, -0.15) is 0 Å². The molecule has 12 aromatic rings. The number of benzene rings is 8. The molecule has 0 N–H and O–H groups in total. The van der Waals surface area contributed by atoms with Gasteiger partial charge in [0.2, 0.25) is 6.33 Å². The van der Waals surface area contributed by atoms with Crippen molar-refractivity contribution in [2.45, 2.75) is 53.4 Å².